The van der Waals surface area contributed by atoms with Crippen molar-refractivity contribution in [3.05, 3.63) is 0 Å². The minimum Gasteiger partial charge on any atom is -0.301 e. The van der Waals surface area contributed by atoms with Crippen LogP contribution in [0.25, 0.3) is 0 Å². The quantitative estimate of drug-likeness (QED) is 0.810. The van der Waals surface area contributed by atoms with Gasteiger partial charge in [0.25, 0.3) is 0 Å². The molecule has 3 atom stereocenters. The molecule has 0 bridgehead atoms. The Labute approximate surface area is 105 Å². The second-order valence-electron chi connectivity index (χ2n) is 6.07. The first-order valence-corrected chi connectivity index (χ1v) is 6.95. The van der Waals surface area contributed by atoms with Crippen molar-refractivity contribution in [3.8, 4) is 6.07 Å². The van der Waals surface area contributed by atoms with Gasteiger partial charge in [-0.15, -0.1) is 0 Å². The van der Waals surface area contributed by atoms with E-state index in [0.717, 1.165) is 19.0 Å². The number of hydrogen-bond acceptors (Lipinski definition) is 3. The highest BCUT2D eigenvalue weighted by Gasteiger charge is 2.46. The summed E-state index contributed by atoms with van der Waals surface area (Å²) in [5, 5.41) is 12.8. The summed E-state index contributed by atoms with van der Waals surface area (Å²) in [5.41, 5.74) is -0.300. The van der Waals surface area contributed by atoms with Gasteiger partial charge in [-0.1, -0.05) is 6.92 Å². The number of likely N-dealkylation sites (N-methyl/N-ethyl adjacent to an activating group) is 1. The molecule has 2 aliphatic rings. The molecular weight excluding hydrogens is 210 g/mol. The number of nitriles is 1. The maximum Gasteiger partial charge on any atom is 0.122 e. The molecule has 0 aromatic carbocycles. The topological polar surface area (TPSA) is 39.1 Å². The van der Waals surface area contributed by atoms with Crippen LogP contribution in [0.15, 0.2) is 0 Å². The highest BCUT2D eigenvalue weighted by molar-refractivity contribution is 5.16. The van der Waals surface area contributed by atoms with Crippen LogP contribution in [-0.4, -0.2) is 36.6 Å². The summed E-state index contributed by atoms with van der Waals surface area (Å²) in [6.45, 7) is 6.68. The molecular formula is C14H25N3. The minimum absolute atomic E-state index is 0.300. The fourth-order valence-electron chi connectivity index (χ4n) is 3.09. The average Bonchev–Trinajstić information content (AvgIpc) is 3.15. The summed E-state index contributed by atoms with van der Waals surface area (Å²) >= 11 is 0. The van der Waals surface area contributed by atoms with E-state index in [1.165, 1.54) is 25.7 Å². The molecule has 1 heterocycles. The Balaban J connectivity index is 2.04. The van der Waals surface area contributed by atoms with Crippen molar-refractivity contribution in [2.45, 2.75) is 51.1 Å². The van der Waals surface area contributed by atoms with E-state index in [2.05, 4.69) is 30.1 Å². The third kappa shape index (κ3) is 2.64. The second-order valence-corrected chi connectivity index (χ2v) is 6.07. The van der Waals surface area contributed by atoms with E-state index in [9.17, 15) is 5.26 Å². The predicted octanol–water partition coefficient (Wildman–Crippen LogP) is 2.00. The lowest BCUT2D eigenvalue weighted by molar-refractivity contribution is 0.0946. The van der Waals surface area contributed by atoms with Crippen molar-refractivity contribution in [2.24, 2.45) is 11.8 Å². The van der Waals surface area contributed by atoms with Gasteiger partial charge in [0, 0.05) is 19.1 Å². The Morgan fingerprint density at radius 1 is 1.29 bits per heavy atom. The molecule has 96 valence electrons. The van der Waals surface area contributed by atoms with Gasteiger partial charge in [0.2, 0.25) is 0 Å². The van der Waals surface area contributed by atoms with Crippen molar-refractivity contribution in [3.63, 3.8) is 0 Å². The Hall–Kier alpha value is -0.590. The highest BCUT2D eigenvalue weighted by Crippen LogP contribution is 2.40. The number of hydrogen-bond donors (Lipinski definition) is 1. The van der Waals surface area contributed by atoms with Crippen LogP contribution in [-0.2, 0) is 0 Å². The Morgan fingerprint density at radius 3 is 2.53 bits per heavy atom. The molecule has 1 aliphatic carbocycles. The first kappa shape index (κ1) is 12.9. The van der Waals surface area contributed by atoms with Crippen LogP contribution in [0.5, 0.6) is 0 Å². The lowest BCUT2D eigenvalue weighted by Crippen LogP contribution is -2.56. The molecule has 1 saturated heterocycles. The first-order valence-electron chi connectivity index (χ1n) is 6.95. The fourth-order valence-corrected chi connectivity index (χ4v) is 3.09. The summed E-state index contributed by atoms with van der Waals surface area (Å²) in [4.78, 5) is 2.52. The van der Waals surface area contributed by atoms with Crippen LogP contribution in [0.3, 0.4) is 0 Å². The summed E-state index contributed by atoms with van der Waals surface area (Å²) in [7, 11) is 1.94. The SMILES string of the molecule is CNC(C#N)(CN1CC(C)CCC1C)C1CC1. The molecule has 1 aliphatic heterocycles. The zero-order chi connectivity index (χ0) is 12.5. The molecule has 0 spiro atoms. The Bertz CT molecular complexity index is 305. The van der Waals surface area contributed by atoms with Gasteiger partial charge in [-0.2, -0.15) is 5.26 Å². The minimum atomic E-state index is -0.300. The maximum atomic E-state index is 9.53. The number of nitrogens with one attached hydrogen (secondary N) is 1. The summed E-state index contributed by atoms with van der Waals surface area (Å²) in [5.74, 6) is 1.35. The number of likely N-dealkylation sites (tertiary alicyclic amines) is 1. The van der Waals surface area contributed by atoms with Crippen LogP contribution in [0, 0.1) is 23.2 Å². The molecule has 1 N–H and O–H groups in total. The molecule has 0 radical (unpaired) electrons. The monoisotopic (exact) mass is 235 g/mol. The molecule has 1 saturated carbocycles. The zero-order valence-electron chi connectivity index (χ0n) is 11.4. The molecule has 0 aromatic rings. The van der Waals surface area contributed by atoms with Crippen LogP contribution in [0.2, 0.25) is 0 Å². The van der Waals surface area contributed by atoms with Gasteiger partial charge < -0.3 is 5.32 Å². The van der Waals surface area contributed by atoms with Crippen molar-refractivity contribution >= 4 is 0 Å². The van der Waals surface area contributed by atoms with E-state index < -0.39 is 0 Å². The molecule has 0 aromatic heterocycles. The number of piperidine rings is 1. The molecule has 2 fully saturated rings. The van der Waals surface area contributed by atoms with E-state index in [4.69, 9.17) is 0 Å². The second kappa shape index (κ2) is 4.96. The maximum absolute atomic E-state index is 9.53. The van der Waals surface area contributed by atoms with E-state index in [-0.39, 0.29) is 5.54 Å². The van der Waals surface area contributed by atoms with E-state index in [1.807, 2.05) is 7.05 Å². The normalized spacial score (nSPS) is 34.0. The summed E-state index contributed by atoms with van der Waals surface area (Å²) < 4.78 is 0. The molecule has 0 amide bonds. The highest BCUT2D eigenvalue weighted by atomic mass is 15.2. The van der Waals surface area contributed by atoms with Gasteiger partial charge >= 0.3 is 0 Å². The lowest BCUT2D eigenvalue weighted by Gasteiger charge is -2.41. The van der Waals surface area contributed by atoms with E-state index in [0.29, 0.717) is 12.0 Å². The molecule has 17 heavy (non-hydrogen) atoms. The Kier molecular flexibility index (Phi) is 3.75. The number of nitrogens with zero attached hydrogens (tertiary/aromatic N) is 2. The van der Waals surface area contributed by atoms with Gasteiger partial charge in [0.05, 0.1) is 6.07 Å². The van der Waals surface area contributed by atoms with Crippen molar-refractivity contribution < 1.29 is 0 Å². The van der Waals surface area contributed by atoms with Crippen LogP contribution in [0.1, 0.15) is 39.5 Å². The standard InChI is InChI=1S/C14H25N3/c1-11-4-5-12(2)17(8-11)10-14(9-15,16-3)13-6-7-13/h11-13,16H,4-8,10H2,1-3H3. The first-order chi connectivity index (χ1) is 8.11. The van der Waals surface area contributed by atoms with Crippen molar-refractivity contribution in [2.75, 3.05) is 20.1 Å². The lowest BCUT2D eigenvalue weighted by atomic mass is 9.89. The van der Waals surface area contributed by atoms with E-state index >= 15 is 0 Å². The van der Waals surface area contributed by atoms with Gasteiger partial charge in [0.1, 0.15) is 5.54 Å². The largest absolute Gasteiger partial charge is 0.301 e. The van der Waals surface area contributed by atoms with Gasteiger partial charge in [0.15, 0.2) is 0 Å². The van der Waals surface area contributed by atoms with Gasteiger partial charge in [-0.25, -0.2) is 0 Å². The summed E-state index contributed by atoms with van der Waals surface area (Å²) in [6.07, 6.45) is 5.04. The van der Waals surface area contributed by atoms with Crippen LogP contribution in [0.4, 0.5) is 0 Å². The van der Waals surface area contributed by atoms with Crippen molar-refractivity contribution in [1.29, 1.82) is 5.26 Å². The van der Waals surface area contributed by atoms with Crippen LogP contribution < -0.4 is 5.32 Å². The summed E-state index contributed by atoms with van der Waals surface area (Å²) in [6, 6.07) is 3.19. The Morgan fingerprint density at radius 2 is 2.00 bits per heavy atom. The smallest absolute Gasteiger partial charge is 0.122 e. The molecule has 2 rings (SSSR count). The van der Waals surface area contributed by atoms with Gasteiger partial charge in [-0.3, -0.25) is 4.90 Å². The fraction of sp³-hybridized carbons (Fsp3) is 0.929. The van der Waals surface area contributed by atoms with Gasteiger partial charge in [-0.05, 0) is 51.5 Å². The zero-order valence-corrected chi connectivity index (χ0v) is 11.4. The molecule has 3 unspecified atom stereocenters. The molecule has 3 nitrogen and oxygen atoms in total. The van der Waals surface area contributed by atoms with E-state index in [1.54, 1.807) is 0 Å². The third-order valence-electron chi connectivity index (χ3n) is 4.62. The third-order valence-corrected chi connectivity index (χ3v) is 4.62. The average molecular weight is 235 g/mol. The molecule has 3 heteroatoms. The number of rotatable bonds is 4. The van der Waals surface area contributed by atoms with Crippen LogP contribution >= 0.6 is 0 Å². The predicted molar refractivity (Wildman–Crippen MR) is 69.6 cm³/mol. The van der Waals surface area contributed by atoms with Crippen molar-refractivity contribution in [1.82, 2.24) is 10.2 Å².